The zero-order valence-electron chi connectivity index (χ0n) is 18.3. The average molecular weight is 466 g/mol. The van der Waals surface area contributed by atoms with Crippen LogP contribution in [0.15, 0.2) is 22.7 Å². The molecule has 0 N–H and O–H groups in total. The van der Waals surface area contributed by atoms with Crippen molar-refractivity contribution in [1.82, 2.24) is 4.90 Å². The van der Waals surface area contributed by atoms with Gasteiger partial charge in [-0.1, -0.05) is 22.0 Å². The van der Waals surface area contributed by atoms with Crippen LogP contribution in [-0.4, -0.2) is 34.7 Å². The van der Waals surface area contributed by atoms with Gasteiger partial charge in [0, 0.05) is 11.0 Å². The van der Waals surface area contributed by atoms with E-state index in [1.807, 2.05) is 47.6 Å². The highest BCUT2D eigenvalue weighted by molar-refractivity contribution is 9.10. The Morgan fingerprint density at radius 1 is 1.10 bits per heavy atom. The number of hydrogen-bond acceptors (Lipinski definition) is 4. The minimum Gasteiger partial charge on any atom is -0.459 e. The van der Waals surface area contributed by atoms with Gasteiger partial charge >= 0.3 is 12.1 Å². The van der Waals surface area contributed by atoms with Crippen molar-refractivity contribution in [2.75, 3.05) is 6.54 Å². The molecular formula is C23H32BrNO4. The van der Waals surface area contributed by atoms with Crippen LogP contribution >= 0.6 is 15.9 Å². The van der Waals surface area contributed by atoms with Gasteiger partial charge in [-0.2, -0.15) is 0 Å². The molecular weight excluding hydrogens is 434 g/mol. The number of aryl methyl sites for hydroxylation is 1. The van der Waals surface area contributed by atoms with E-state index >= 15 is 0 Å². The third kappa shape index (κ3) is 5.33. The molecule has 29 heavy (non-hydrogen) atoms. The zero-order valence-corrected chi connectivity index (χ0v) is 19.9. The molecule has 2 aliphatic carbocycles. The van der Waals surface area contributed by atoms with Crippen LogP contribution in [0.5, 0.6) is 0 Å². The molecule has 1 aromatic carbocycles. The maximum atomic E-state index is 13.2. The maximum absolute atomic E-state index is 13.2. The van der Waals surface area contributed by atoms with E-state index in [1.54, 1.807) is 4.90 Å². The molecule has 1 atom stereocenters. The number of benzene rings is 1. The summed E-state index contributed by atoms with van der Waals surface area (Å²) in [5.41, 5.74) is 0.607. The molecule has 1 amide bonds. The Balaban J connectivity index is 1.88. The number of nitrogens with zero attached hydrogens (tertiary/aromatic N) is 1. The molecule has 2 aliphatic rings. The molecule has 160 valence electrons. The van der Waals surface area contributed by atoms with Gasteiger partial charge in [0.2, 0.25) is 0 Å². The fraction of sp³-hybridized carbons (Fsp3) is 0.652. The van der Waals surface area contributed by atoms with E-state index < -0.39 is 16.6 Å². The van der Waals surface area contributed by atoms with Gasteiger partial charge in [-0.25, -0.2) is 4.79 Å². The van der Waals surface area contributed by atoms with Crippen molar-refractivity contribution < 1.29 is 19.1 Å². The summed E-state index contributed by atoms with van der Waals surface area (Å²) in [7, 11) is 0. The van der Waals surface area contributed by atoms with Gasteiger partial charge in [-0.05, 0) is 90.5 Å². The zero-order chi connectivity index (χ0) is 21.6. The van der Waals surface area contributed by atoms with E-state index in [-0.39, 0.29) is 18.1 Å². The number of ether oxygens (including phenoxy) is 2. The van der Waals surface area contributed by atoms with E-state index in [2.05, 4.69) is 28.1 Å². The van der Waals surface area contributed by atoms with Gasteiger partial charge in [-0.3, -0.25) is 9.69 Å². The van der Waals surface area contributed by atoms with Crippen molar-refractivity contribution in [2.45, 2.75) is 84.5 Å². The molecule has 0 heterocycles. The fourth-order valence-corrected chi connectivity index (χ4v) is 4.21. The highest BCUT2D eigenvalue weighted by Crippen LogP contribution is 2.50. The number of carbonyl (C=O) groups is 2. The van der Waals surface area contributed by atoms with Crippen LogP contribution in [0, 0.1) is 5.41 Å². The molecule has 0 aliphatic heterocycles. The van der Waals surface area contributed by atoms with E-state index in [9.17, 15) is 9.59 Å². The lowest BCUT2D eigenvalue weighted by Gasteiger charge is -2.35. The molecule has 3 rings (SSSR count). The van der Waals surface area contributed by atoms with Crippen LogP contribution in [0.4, 0.5) is 4.79 Å². The minimum absolute atomic E-state index is 0.0899. The lowest BCUT2D eigenvalue weighted by Crippen LogP contribution is -2.44. The molecule has 0 spiro atoms. The number of amides is 1. The highest BCUT2D eigenvalue weighted by atomic mass is 79.9. The monoisotopic (exact) mass is 465 g/mol. The van der Waals surface area contributed by atoms with Gasteiger partial charge in [0.1, 0.15) is 11.2 Å². The number of esters is 1. The van der Waals surface area contributed by atoms with Gasteiger partial charge in [-0.15, -0.1) is 0 Å². The van der Waals surface area contributed by atoms with Gasteiger partial charge in [0.15, 0.2) is 0 Å². The highest BCUT2D eigenvalue weighted by Gasteiger charge is 2.55. The third-order valence-electron chi connectivity index (χ3n) is 5.31. The first-order chi connectivity index (χ1) is 13.3. The standard InChI is InChI=1S/C23H32BrNO4/c1-21(2,3)28-19(26)23(11-12-23)14-25(20(27)29-22(4,5)6)18-10-7-15-13-16(24)8-9-17(15)18/h8-9,13,18H,7,10-12,14H2,1-6H3. The molecule has 0 saturated heterocycles. The molecule has 1 aromatic rings. The Bertz CT molecular complexity index is 802. The maximum Gasteiger partial charge on any atom is 0.410 e. The summed E-state index contributed by atoms with van der Waals surface area (Å²) >= 11 is 3.53. The van der Waals surface area contributed by atoms with Gasteiger partial charge < -0.3 is 9.47 Å². The SMILES string of the molecule is CC(C)(C)OC(=O)N(CC1(C(=O)OC(C)(C)C)CC1)C1CCc2cc(Br)ccc21. The van der Waals surface area contributed by atoms with Crippen LogP contribution in [0.25, 0.3) is 0 Å². The fourth-order valence-electron chi connectivity index (χ4n) is 3.80. The van der Waals surface area contributed by atoms with Crippen molar-refractivity contribution in [3.8, 4) is 0 Å². The largest absolute Gasteiger partial charge is 0.459 e. The van der Waals surface area contributed by atoms with Crippen LogP contribution in [0.3, 0.4) is 0 Å². The van der Waals surface area contributed by atoms with E-state index in [1.165, 1.54) is 5.56 Å². The molecule has 5 nitrogen and oxygen atoms in total. The van der Waals surface area contributed by atoms with Crippen LogP contribution in [0.2, 0.25) is 0 Å². The summed E-state index contributed by atoms with van der Waals surface area (Å²) in [5.74, 6) is -0.215. The van der Waals surface area contributed by atoms with E-state index in [4.69, 9.17) is 9.47 Å². The average Bonchev–Trinajstić information content (AvgIpc) is 3.23. The smallest absolute Gasteiger partial charge is 0.410 e. The number of halogens is 1. The lowest BCUT2D eigenvalue weighted by molar-refractivity contribution is -0.162. The molecule has 0 bridgehead atoms. The number of hydrogen-bond donors (Lipinski definition) is 0. The quantitative estimate of drug-likeness (QED) is 0.527. The predicted molar refractivity (Wildman–Crippen MR) is 116 cm³/mol. The Morgan fingerprint density at radius 3 is 2.28 bits per heavy atom. The van der Waals surface area contributed by atoms with Crippen LogP contribution in [-0.2, 0) is 20.7 Å². The summed E-state index contributed by atoms with van der Waals surface area (Å²) in [6.45, 7) is 11.5. The van der Waals surface area contributed by atoms with Gasteiger partial charge in [0.05, 0.1) is 11.5 Å². The first-order valence-electron chi connectivity index (χ1n) is 10.3. The summed E-state index contributed by atoms with van der Waals surface area (Å²) in [6, 6.07) is 6.10. The Morgan fingerprint density at radius 2 is 1.72 bits per heavy atom. The lowest BCUT2D eigenvalue weighted by atomic mass is 10.0. The molecule has 6 heteroatoms. The number of carbonyl (C=O) groups excluding carboxylic acids is 2. The van der Waals surface area contributed by atoms with Crippen molar-refractivity contribution in [3.05, 3.63) is 33.8 Å². The summed E-state index contributed by atoms with van der Waals surface area (Å²) in [6.07, 6.45) is 2.84. The van der Waals surface area contributed by atoms with Crippen LogP contribution in [0.1, 0.15) is 78.0 Å². The summed E-state index contributed by atoms with van der Waals surface area (Å²) in [5, 5.41) is 0. The second-order valence-electron chi connectivity index (χ2n) is 10.3. The molecule has 0 radical (unpaired) electrons. The van der Waals surface area contributed by atoms with E-state index in [0.717, 1.165) is 35.7 Å². The first kappa shape index (κ1) is 22.1. The van der Waals surface area contributed by atoms with Crippen molar-refractivity contribution in [2.24, 2.45) is 5.41 Å². The van der Waals surface area contributed by atoms with Crippen molar-refractivity contribution in [1.29, 1.82) is 0 Å². The Hall–Kier alpha value is -1.56. The normalized spacial score (nSPS) is 20.0. The minimum atomic E-state index is -0.623. The molecule has 1 fully saturated rings. The first-order valence-corrected chi connectivity index (χ1v) is 11.1. The predicted octanol–water partition coefficient (Wildman–Crippen LogP) is 5.80. The van der Waals surface area contributed by atoms with Crippen molar-refractivity contribution >= 4 is 28.0 Å². The van der Waals surface area contributed by atoms with E-state index in [0.29, 0.717) is 6.54 Å². The topological polar surface area (TPSA) is 55.8 Å². The van der Waals surface area contributed by atoms with Gasteiger partial charge in [0.25, 0.3) is 0 Å². The summed E-state index contributed by atoms with van der Waals surface area (Å²) in [4.78, 5) is 27.8. The molecule has 0 aromatic heterocycles. The molecule has 1 unspecified atom stereocenters. The van der Waals surface area contributed by atoms with Crippen molar-refractivity contribution in [3.63, 3.8) is 0 Å². The third-order valence-corrected chi connectivity index (χ3v) is 5.81. The molecule has 1 saturated carbocycles. The number of rotatable bonds is 4. The Kier molecular flexibility index (Phi) is 5.80. The second-order valence-corrected chi connectivity index (χ2v) is 11.2. The Labute approximate surface area is 182 Å². The number of fused-ring (bicyclic) bond motifs is 1. The summed E-state index contributed by atoms with van der Waals surface area (Å²) < 4.78 is 12.4. The second kappa shape index (κ2) is 7.60. The van der Waals surface area contributed by atoms with Crippen LogP contribution < -0.4 is 0 Å².